The second-order valence-electron chi connectivity index (χ2n) is 6.08. The molecular weight excluding hydrogens is 397 g/mol. The van der Waals surface area contributed by atoms with Gasteiger partial charge in [-0.25, -0.2) is 4.39 Å². The molecule has 1 atom stereocenters. The van der Waals surface area contributed by atoms with Crippen LogP contribution in [0.25, 0.3) is 0 Å². The summed E-state index contributed by atoms with van der Waals surface area (Å²) < 4.78 is 20.0. The molecule has 0 aliphatic heterocycles. The number of hydrogen-bond acceptors (Lipinski definition) is 6. The molecule has 0 saturated heterocycles. The summed E-state index contributed by atoms with van der Waals surface area (Å²) in [6.45, 7) is 3.85. The first-order valence-electron chi connectivity index (χ1n) is 8.79. The van der Waals surface area contributed by atoms with Gasteiger partial charge in [0.05, 0.1) is 0 Å². The fourth-order valence-corrected chi connectivity index (χ4v) is 4.06. The van der Waals surface area contributed by atoms with Gasteiger partial charge >= 0.3 is 0 Å². The smallest absolute Gasteiger partial charge is 0.267 e. The molecule has 2 aromatic carbocycles. The number of hydrogen-bond donors (Lipinski definition) is 1. The van der Waals surface area contributed by atoms with Crippen LogP contribution in [0.15, 0.2) is 52.9 Å². The van der Waals surface area contributed by atoms with Gasteiger partial charge in [0, 0.05) is 5.75 Å². The van der Waals surface area contributed by atoms with Gasteiger partial charge in [0.15, 0.2) is 22.0 Å². The molecule has 1 unspecified atom stereocenters. The van der Waals surface area contributed by atoms with Gasteiger partial charge in [-0.2, -0.15) is 0 Å². The van der Waals surface area contributed by atoms with Crippen LogP contribution in [-0.4, -0.2) is 22.2 Å². The van der Waals surface area contributed by atoms with E-state index in [4.69, 9.17) is 4.74 Å². The molecule has 0 fully saturated rings. The van der Waals surface area contributed by atoms with E-state index in [1.165, 1.54) is 34.6 Å². The number of thioether (sulfide) groups is 1. The Bertz CT molecular complexity index is 931. The molecule has 3 rings (SSSR count). The zero-order valence-electron chi connectivity index (χ0n) is 15.5. The van der Waals surface area contributed by atoms with E-state index < -0.39 is 11.9 Å². The zero-order valence-corrected chi connectivity index (χ0v) is 17.1. The Morgan fingerprint density at radius 2 is 1.96 bits per heavy atom. The minimum absolute atomic E-state index is 0.0520. The number of aryl methyl sites for hydroxylation is 1. The number of carbonyl (C=O) groups excluding carboxylic acids is 1. The number of benzene rings is 2. The van der Waals surface area contributed by atoms with Gasteiger partial charge in [0.25, 0.3) is 5.91 Å². The van der Waals surface area contributed by atoms with Crippen molar-refractivity contribution in [2.24, 2.45) is 0 Å². The van der Waals surface area contributed by atoms with Crippen LogP contribution in [0.4, 0.5) is 9.52 Å². The summed E-state index contributed by atoms with van der Waals surface area (Å²) >= 11 is 2.86. The summed E-state index contributed by atoms with van der Waals surface area (Å²) in [4.78, 5) is 12.5. The quantitative estimate of drug-likeness (QED) is 0.409. The van der Waals surface area contributed by atoms with Crippen LogP contribution in [0, 0.1) is 12.7 Å². The molecule has 8 heteroatoms. The number of nitrogens with one attached hydrogen (secondary N) is 1. The molecule has 1 N–H and O–H groups in total. The molecule has 1 amide bonds. The normalized spacial score (nSPS) is 11.8. The molecule has 28 heavy (non-hydrogen) atoms. The summed E-state index contributed by atoms with van der Waals surface area (Å²) in [5.41, 5.74) is 2.42. The third-order valence-corrected chi connectivity index (χ3v) is 5.93. The Morgan fingerprint density at radius 1 is 1.21 bits per heavy atom. The third-order valence-electron chi connectivity index (χ3n) is 3.89. The Kier molecular flexibility index (Phi) is 7.00. The van der Waals surface area contributed by atoms with E-state index in [1.807, 2.05) is 0 Å². The maximum atomic E-state index is 13.7. The van der Waals surface area contributed by atoms with Crippen molar-refractivity contribution in [3.63, 3.8) is 0 Å². The largest absolute Gasteiger partial charge is 0.478 e. The van der Waals surface area contributed by atoms with Crippen LogP contribution in [0.3, 0.4) is 0 Å². The molecule has 0 aliphatic carbocycles. The van der Waals surface area contributed by atoms with Crippen molar-refractivity contribution in [2.45, 2.75) is 36.5 Å². The molecule has 0 spiro atoms. The van der Waals surface area contributed by atoms with Crippen molar-refractivity contribution in [3.8, 4) is 5.75 Å². The number of para-hydroxylation sites is 1. The highest BCUT2D eigenvalue weighted by atomic mass is 32.2. The highest BCUT2D eigenvalue weighted by Crippen LogP contribution is 2.28. The predicted octanol–water partition coefficient (Wildman–Crippen LogP) is 5.07. The molecule has 0 saturated carbocycles. The van der Waals surface area contributed by atoms with E-state index in [2.05, 4.69) is 46.7 Å². The van der Waals surface area contributed by atoms with Gasteiger partial charge < -0.3 is 4.74 Å². The number of ether oxygens (including phenoxy) is 1. The second kappa shape index (κ2) is 9.66. The van der Waals surface area contributed by atoms with Crippen molar-refractivity contribution >= 4 is 34.1 Å². The lowest BCUT2D eigenvalue weighted by molar-refractivity contribution is -0.122. The van der Waals surface area contributed by atoms with Gasteiger partial charge in [-0.3, -0.25) is 10.1 Å². The fraction of sp³-hybridized carbons (Fsp3) is 0.250. The van der Waals surface area contributed by atoms with Crippen molar-refractivity contribution in [2.75, 3.05) is 5.32 Å². The molecular formula is C20H20FN3O2S2. The monoisotopic (exact) mass is 417 g/mol. The Labute approximate surface area is 171 Å². The first-order chi connectivity index (χ1) is 13.5. The van der Waals surface area contributed by atoms with Crippen LogP contribution in [0.5, 0.6) is 5.75 Å². The Hall–Kier alpha value is -2.45. The summed E-state index contributed by atoms with van der Waals surface area (Å²) in [6, 6.07) is 14.3. The van der Waals surface area contributed by atoms with E-state index >= 15 is 0 Å². The Morgan fingerprint density at radius 3 is 2.68 bits per heavy atom. The minimum Gasteiger partial charge on any atom is -0.478 e. The maximum absolute atomic E-state index is 13.7. The SMILES string of the molecule is CCC(Oc1ccccc1F)C(=O)Nc1nnc(SCc2ccc(C)cc2)s1. The van der Waals surface area contributed by atoms with Gasteiger partial charge in [0.2, 0.25) is 5.13 Å². The van der Waals surface area contributed by atoms with E-state index in [9.17, 15) is 9.18 Å². The van der Waals surface area contributed by atoms with Crippen LogP contribution >= 0.6 is 23.1 Å². The van der Waals surface area contributed by atoms with Crippen LogP contribution in [-0.2, 0) is 10.5 Å². The lowest BCUT2D eigenvalue weighted by Gasteiger charge is -2.16. The number of halogens is 1. The average Bonchev–Trinajstić information content (AvgIpc) is 3.14. The van der Waals surface area contributed by atoms with Gasteiger partial charge in [-0.15, -0.1) is 10.2 Å². The lowest BCUT2D eigenvalue weighted by Crippen LogP contribution is -2.32. The topological polar surface area (TPSA) is 64.1 Å². The Balaban J connectivity index is 1.56. The fourth-order valence-electron chi connectivity index (χ4n) is 2.35. The molecule has 0 aliphatic rings. The zero-order chi connectivity index (χ0) is 19.9. The van der Waals surface area contributed by atoms with Crippen molar-refractivity contribution < 1.29 is 13.9 Å². The number of carbonyl (C=O) groups is 1. The number of rotatable bonds is 8. The average molecular weight is 418 g/mol. The van der Waals surface area contributed by atoms with E-state index in [1.54, 1.807) is 30.8 Å². The van der Waals surface area contributed by atoms with Gasteiger partial charge in [-0.05, 0) is 31.0 Å². The number of amides is 1. The summed E-state index contributed by atoms with van der Waals surface area (Å²) in [7, 11) is 0. The second-order valence-corrected chi connectivity index (χ2v) is 8.28. The minimum atomic E-state index is -0.815. The van der Waals surface area contributed by atoms with Crippen molar-refractivity contribution in [1.82, 2.24) is 10.2 Å². The summed E-state index contributed by atoms with van der Waals surface area (Å²) in [6.07, 6.45) is -0.418. The van der Waals surface area contributed by atoms with E-state index in [-0.39, 0.29) is 11.7 Å². The molecule has 3 aromatic rings. The van der Waals surface area contributed by atoms with Crippen LogP contribution in [0.1, 0.15) is 24.5 Å². The molecule has 5 nitrogen and oxygen atoms in total. The van der Waals surface area contributed by atoms with E-state index in [0.29, 0.717) is 11.6 Å². The maximum Gasteiger partial charge on any atom is 0.267 e. The number of aromatic nitrogens is 2. The highest BCUT2D eigenvalue weighted by molar-refractivity contribution is 8.00. The number of anilines is 1. The highest BCUT2D eigenvalue weighted by Gasteiger charge is 2.21. The molecule has 0 radical (unpaired) electrons. The van der Waals surface area contributed by atoms with E-state index in [0.717, 1.165) is 10.1 Å². The molecule has 1 heterocycles. The van der Waals surface area contributed by atoms with Crippen molar-refractivity contribution in [1.29, 1.82) is 0 Å². The molecule has 0 bridgehead atoms. The third kappa shape index (κ3) is 5.53. The standard InChI is InChI=1S/C20H20FN3O2S2/c1-3-16(26-17-7-5-4-6-15(17)21)18(25)22-19-23-24-20(28-19)27-12-14-10-8-13(2)9-11-14/h4-11,16H,3,12H2,1-2H3,(H,22,23,25). The number of nitrogens with zero attached hydrogens (tertiary/aromatic N) is 2. The van der Waals surface area contributed by atoms with Crippen LogP contribution in [0.2, 0.25) is 0 Å². The molecule has 146 valence electrons. The van der Waals surface area contributed by atoms with Gasteiger partial charge in [-0.1, -0.05) is 72.0 Å². The first kappa shape index (κ1) is 20.3. The lowest BCUT2D eigenvalue weighted by atomic mass is 10.2. The van der Waals surface area contributed by atoms with Gasteiger partial charge in [0.1, 0.15) is 0 Å². The van der Waals surface area contributed by atoms with Crippen molar-refractivity contribution in [3.05, 3.63) is 65.5 Å². The summed E-state index contributed by atoms with van der Waals surface area (Å²) in [5.74, 6) is -0.0517. The predicted molar refractivity (Wildman–Crippen MR) is 110 cm³/mol. The first-order valence-corrected chi connectivity index (χ1v) is 10.6. The molecule has 1 aromatic heterocycles. The van der Waals surface area contributed by atoms with Crippen LogP contribution < -0.4 is 10.1 Å². The summed E-state index contributed by atoms with van der Waals surface area (Å²) in [5, 5.41) is 11.2.